The van der Waals surface area contributed by atoms with Crippen LogP contribution in [0, 0.1) is 10.1 Å². The number of aliphatic hydroxyl groups is 1. The molecule has 0 aromatic heterocycles. The van der Waals surface area contributed by atoms with Crippen molar-refractivity contribution in [3.63, 3.8) is 0 Å². The van der Waals surface area contributed by atoms with Gasteiger partial charge in [0.25, 0.3) is 5.69 Å². The van der Waals surface area contributed by atoms with Gasteiger partial charge < -0.3 is 10.4 Å². The van der Waals surface area contributed by atoms with Gasteiger partial charge in [-0.25, -0.2) is 0 Å². The fourth-order valence-corrected chi connectivity index (χ4v) is 1.31. The van der Waals surface area contributed by atoms with Crippen molar-refractivity contribution in [3.8, 4) is 0 Å². The van der Waals surface area contributed by atoms with Crippen molar-refractivity contribution >= 4 is 5.69 Å². The second kappa shape index (κ2) is 5.58. The third-order valence-corrected chi connectivity index (χ3v) is 2.19. The summed E-state index contributed by atoms with van der Waals surface area (Å²) in [4.78, 5) is 10.1. The molecule has 0 heterocycles. The Labute approximate surface area is 94.3 Å². The summed E-state index contributed by atoms with van der Waals surface area (Å²) in [7, 11) is 0. The number of nitrogens with one attached hydrogen (secondary N) is 1. The highest BCUT2D eigenvalue weighted by Gasteiger charge is 2.12. The molecule has 1 rings (SSSR count). The maximum absolute atomic E-state index is 10.6. The minimum atomic E-state index is -0.720. The normalized spacial score (nSPS) is 12.8. The molecule has 2 N–H and O–H groups in total. The molecule has 0 fully saturated rings. The molecule has 1 atom stereocenters. The molecule has 0 aliphatic rings. The van der Waals surface area contributed by atoms with E-state index in [-0.39, 0.29) is 11.7 Å². The summed E-state index contributed by atoms with van der Waals surface area (Å²) in [5.41, 5.74) is 0.559. The minimum absolute atomic E-state index is 0.00102. The lowest BCUT2D eigenvalue weighted by molar-refractivity contribution is -0.385. The van der Waals surface area contributed by atoms with Crippen molar-refractivity contribution in [1.29, 1.82) is 0 Å². The Hall–Kier alpha value is -1.46. The number of rotatable bonds is 5. The number of nitrogens with zero attached hydrogens (tertiary/aromatic N) is 1. The van der Waals surface area contributed by atoms with Crippen molar-refractivity contribution in [2.45, 2.75) is 26.0 Å². The van der Waals surface area contributed by atoms with Crippen LogP contribution in [0.3, 0.4) is 0 Å². The first-order valence-corrected chi connectivity index (χ1v) is 5.16. The van der Waals surface area contributed by atoms with E-state index in [2.05, 4.69) is 5.32 Å². The zero-order valence-electron chi connectivity index (χ0n) is 9.38. The van der Waals surface area contributed by atoms with Gasteiger partial charge in [-0.3, -0.25) is 10.1 Å². The lowest BCUT2D eigenvalue weighted by atomic mass is 10.1. The molecule has 0 spiro atoms. The SMILES string of the molecule is CC(C)NC[C@@H](O)c1cccc([N+](=O)[O-])c1. The average molecular weight is 224 g/mol. The Kier molecular flexibility index (Phi) is 4.39. The van der Waals surface area contributed by atoms with Crippen LogP contribution in [0.25, 0.3) is 0 Å². The van der Waals surface area contributed by atoms with Crippen molar-refractivity contribution in [2.24, 2.45) is 0 Å². The Morgan fingerprint density at radius 3 is 2.75 bits per heavy atom. The van der Waals surface area contributed by atoms with Crippen molar-refractivity contribution in [3.05, 3.63) is 39.9 Å². The summed E-state index contributed by atoms with van der Waals surface area (Å²) in [5, 5.41) is 23.4. The van der Waals surface area contributed by atoms with Crippen LogP contribution in [0.2, 0.25) is 0 Å². The molecule has 0 radical (unpaired) electrons. The van der Waals surface area contributed by atoms with E-state index in [9.17, 15) is 15.2 Å². The van der Waals surface area contributed by atoms with E-state index in [1.807, 2.05) is 13.8 Å². The van der Waals surface area contributed by atoms with E-state index >= 15 is 0 Å². The van der Waals surface area contributed by atoms with Gasteiger partial charge in [-0.05, 0) is 5.56 Å². The fourth-order valence-electron chi connectivity index (χ4n) is 1.31. The molecule has 0 aliphatic heterocycles. The monoisotopic (exact) mass is 224 g/mol. The quantitative estimate of drug-likeness (QED) is 0.588. The Balaban J connectivity index is 2.71. The molecule has 5 nitrogen and oxygen atoms in total. The number of hydrogen-bond donors (Lipinski definition) is 2. The largest absolute Gasteiger partial charge is 0.387 e. The number of nitro benzene ring substituents is 1. The topological polar surface area (TPSA) is 75.4 Å². The molecule has 1 aromatic rings. The van der Waals surface area contributed by atoms with E-state index in [0.717, 1.165) is 0 Å². The van der Waals surface area contributed by atoms with Crippen molar-refractivity contribution in [1.82, 2.24) is 5.32 Å². The lowest BCUT2D eigenvalue weighted by Gasteiger charge is -2.14. The molecule has 0 saturated heterocycles. The number of nitro groups is 1. The molecule has 88 valence electrons. The minimum Gasteiger partial charge on any atom is -0.387 e. The number of aliphatic hydroxyl groups excluding tert-OH is 1. The molecule has 0 amide bonds. The summed E-state index contributed by atoms with van der Waals surface area (Å²) in [5.74, 6) is 0. The first kappa shape index (κ1) is 12.6. The van der Waals surface area contributed by atoms with Crippen LogP contribution in [0.15, 0.2) is 24.3 Å². The molecule has 5 heteroatoms. The van der Waals surface area contributed by atoms with Gasteiger partial charge in [0.2, 0.25) is 0 Å². The molecular weight excluding hydrogens is 208 g/mol. The Bertz CT molecular complexity index is 366. The highest BCUT2D eigenvalue weighted by molar-refractivity contribution is 5.35. The smallest absolute Gasteiger partial charge is 0.269 e. The van der Waals surface area contributed by atoms with Crippen LogP contribution in [0.1, 0.15) is 25.5 Å². The Morgan fingerprint density at radius 1 is 1.50 bits per heavy atom. The zero-order chi connectivity index (χ0) is 12.1. The first-order chi connectivity index (χ1) is 7.50. The molecule has 0 unspecified atom stereocenters. The average Bonchev–Trinajstić information content (AvgIpc) is 2.26. The summed E-state index contributed by atoms with van der Waals surface area (Å²) < 4.78 is 0. The van der Waals surface area contributed by atoms with Crippen LogP contribution in [-0.4, -0.2) is 22.6 Å². The van der Waals surface area contributed by atoms with Crippen molar-refractivity contribution in [2.75, 3.05) is 6.54 Å². The van der Waals surface area contributed by atoms with Crippen LogP contribution in [-0.2, 0) is 0 Å². The van der Waals surface area contributed by atoms with E-state index in [4.69, 9.17) is 0 Å². The van der Waals surface area contributed by atoms with E-state index < -0.39 is 11.0 Å². The van der Waals surface area contributed by atoms with E-state index in [0.29, 0.717) is 12.1 Å². The van der Waals surface area contributed by atoms with Crippen LogP contribution in [0.5, 0.6) is 0 Å². The summed E-state index contributed by atoms with van der Waals surface area (Å²) in [6.07, 6.45) is -0.720. The van der Waals surface area contributed by atoms with Gasteiger partial charge in [-0.15, -0.1) is 0 Å². The molecule has 1 aromatic carbocycles. The number of benzene rings is 1. The summed E-state index contributed by atoms with van der Waals surface area (Å²) in [6, 6.07) is 6.33. The second-order valence-electron chi connectivity index (χ2n) is 3.93. The molecule has 16 heavy (non-hydrogen) atoms. The van der Waals surface area contributed by atoms with Gasteiger partial charge in [0.05, 0.1) is 11.0 Å². The zero-order valence-corrected chi connectivity index (χ0v) is 9.38. The van der Waals surface area contributed by atoms with Crippen LogP contribution in [0.4, 0.5) is 5.69 Å². The maximum Gasteiger partial charge on any atom is 0.269 e. The van der Waals surface area contributed by atoms with Crippen LogP contribution < -0.4 is 5.32 Å². The summed E-state index contributed by atoms with van der Waals surface area (Å²) in [6.45, 7) is 4.33. The van der Waals surface area contributed by atoms with Gasteiger partial charge in [0.1, 0.15) is 0 Å². The van der Waals surface area contributed by atoms with Gasteiger partial charge in [-0.1, -0.05) is 26.0 Å². The predicted octanol–water partition coefficient (Wildman–Crippen LogP) is 1.63. The maximum atomic E-state index is 10.6. The Morgan fingerprint density at radius 2 is 2.19 bits per heavy atom. The molecule has 0 aliphatic carbocycles. The molecule has 0 bridgehead atoms. The number of non-ortho nitro benzene ring substituents is 1. The highest BCUT2D eigenvalue weighted by atomic mass is 16.6. The van der Waals surface area contributed by atoms with Gasteiger partial charge >= 0.3 is 0 Å². The summed E-state index contributed by atoms with van der Waals surface area (Å²) >= 11 is 0. The first-order valence-electron chi connectivity index (χ1n) is 5.16. The standard InChI is InChI=1S/C11H16N2O3/c1-8(2)12-7-11(14)9-4-3-5-10(6-9)13(15)16/h3-6,8,11-12,14H,7H2,1-2H3/t11-/m1/s1. The fraction of sp³-hybridized carbons (Fsp3) is 0.455. The second-order valence-corrected chi connectivity index (χ2v) is 3.93. The van der Waals surface area contributed by atoms with Crippen LogP contribution >= 0.6 is 0 Å². The van der Waals surface area contributed by atoms with Gasteiger partial charge in [-0.2, -0.15) is 0 Å². The number of hydrogen-bond acceptors (Lipinski definition) is 4. The third kappa shape index (κ3) is 3.60. The van der Waals surface area contributed by atoms with Gasteiger partial charge in [0.15, 0.2) is 0 Å². The lowest BCUT2D eigenvalue weighted by Crippen LogP contribution is -2.27. The highest BCUT2D eigenvalue weighted by Crippen LogP contribution is 2.18. The van der Waals surface area contributed by atoms with E-state index in [1.165, 1.54) is 12.1 Å². The third-order valence-electron chi connectivity index (χ3n) is 2.19. The predicted molar refractivity (Wildman–Crippen MR) is 61.2 cm³/mol. The van der Waals surface area contributed by atoms with E-state index in [1.54, 1.807) is 12.1 Å². The van der Waals surface area contributed by atoms with Gasteiger partial charge in [0, 0.05) is 24.7 Å². The molecule has 0 saturated carbocycles. The molecular formula is C11H16N2O3. The van der Waals surface area contributed by atoms with Crippen molar-refractivity contribution < 1.29 is 10.0 Å².